The summed E-state index contributed by atoms with van der Waals surface area (Å²) < 4.78 is 1.79. The van der Waals surface area contributed by atoms with Crippen LogP contribution in [0.2, 0.25) is 0 Å². The molecule has 94 valence electrons. The van der Waals surface area contributed by atoms with E-state index in [9.17, 15) is 4.79 Å². The molecule has 2 N–H and O–H groups in total. The zero-order chi connectivity index (χ0) is 12.7. The first-order valence-corrected chi connectivity index (χ1v) is 6.79. The topological polar surface area (TPSA) is 51.3 Å². The van der Waals surface area contributed by atoms with Crippen LogP contribution in [0.5, 0.6) is 0 Å². The summed E-state index contributed by atoms with van der Waals surface area (Å²) in [5, 5.41) is 2.10. The van der Waals surface area contributed by atoms with Crippen molar-refractivity contribution in [2.24, 2.45) is 7.05 Å². The highest BCUT2D eigenvalue weighted by atomic mass is 32.1. The molecule has 0 aliphatic carbocycles. The molecule has 18 heavy (non-hydrogen) atoms. The zero-order valence-electron chi connectivity index (χ0n) is 10.2. The Morgan fingerprint density at radius 1 is 1.50 bits per heavy atom. The summed E-state index contributed by atoms with van der Waals surface area (Å²) in [6.45, 7) is 1.50. The normalized spacial score (nSPS) is 14.6. The molecular formula is C13H15N3OS. The SMILES string of the molecule is Cn1cc(N)cc1C(=O)N1CCc2sccc2C1. The number of anilines is 1. The molecule has 0 atom stereocenters. The van der Waals surface area contributed by atoms with E-state index in [2.05, 4.69) is 11.4 Å². The number of carbonyl (C=O) groups is 1. The Balaban J connectivity index is 1.85. The number of hydrogen-bond donors (Lipinski definition) is 1. The molecule has 3 heterocycles. The van der Waals surface area contributed by atoms with Gasteiger partial charge in [-0.15, -0.1) is 11.3 Å². The number of aromatic nitrogens is 1. The molecule has 2 aromatic heterocycles. The molecule has 5 heteroatoms. The molecule has 2 aromatic rings. The minimum absolute atomic E-state index is 0.0612. The number of thiophene rings is 1. The lowest BCUT2D eigenvalue weighted by Gasteiger charge is -2.27. The second-order valence-electron chi connectivity index (χ2n) is 4.62. The highest BCUT2D eigenvalue weighted by molar-refractivity contribution is 7.10. The largest absolute Gasteiger partial charge is 0.397 e. The van der Waals surface area contributed by atoms with Gasteiger partial charge in [0.05, 0.1) is 5.69 Å². The van der Waals surface area contributed by atoms with Crippen molar-refractivity contribution in [1.29, 1.82) is 0 Å². The third kappa shape index (κ3) is 1.80. The van der Waals surface area contributed by atoms with Crippen LogP contribution < -0.4 is 5.73 Å². The van der Waals surface area contributed by atoms with E-state index in [1.54, 1.807) is 28.2 Å². The molecule has 3 rings (SSSR count). The van der Waals surface area contributed by atoms with E-state index in [0.29, 0.717) is 17.9 Å². The van der Waals surface area contributed by atoms with Gasteiger partial charge in [0.2, 0.25) is 0 Å². The van der Waals surface area contributed by atoms with Gasteiger partial charge in [-0.05, 0) is 29.5 Å². The van der Waals surface area contributed by atoms with Crippen LogP contribution in [0.3, 0.4) is 0 Å². The van der Waals surface area contributed by atoms with E-state index in [1.807, 2.05) is 11.9 Å². The van der Waals surface area contributed by atoms with Gasteiger partial charge in [0, 0.05) is 31.2 Å². The van der Waals surface area contributed by atoms with Crippen molar-refractivity contribution in [1.82, 2.24) is 9.47 Å². The van der Waals surface area contributed by atoms with Gasteiger partial charge in [-0.3, -0.25) is 4.79 Å². The van der Waals surface area contributed by atoms with E-state index in [4.69, 9.17) is 5.73 Å². The molecule has 1 aliphatic rings. The summed E-state index contributed by atoms with van der Waals surface area (Å²) in [4.78, 5) is 15.7. The Bertz CT molecular complexity index is 599. The Morgan fingerprint density at radius 2 is 2.33 bits per heavy atom. The van der Waals surface area contributed by atoms with Crippen LogP contribution in [0, 0.1) is 0 Å². The van der Waals surface area contributed by atoms with Gasteiger partial charge >= 0.3 is 0 Å². The number of nitrogens with two attached hydrogens (primary N) is 1. The van der Waals surface area contributed by atoms with Crippen molar-refractivity contribution in [3.05, 3.63) is 39.8 Å². The first kappa shape index (κ1) is 11.3. The average Bonchev–Trinajstić information content (AvgIpc) is 2.93. The van der Waals surface area contributed by atoms with Crippen LogP contribution >= 0.6 is 11.3 Å². The molecule has 0 saturated heterocycles. The van der Waals surface area contributed by atoms with Crippen molar-refractivity contribution < 1.29 is 4.79 Å². The number of aryl methyl sites for hydroxylation is 1. The van der Waals surface area contributed by atoms with Crippen LogP contribution in [0.4, 0.5) is 5.69 Å². The van der Waals surface area contributed by atoms with Gasteiger partial charge in [-0.2, -0.15) is 0 Å². The third-order valence-corrected chi connectivity index (χ3v) is 4.36. The third-order valence-electron chi connectivity index (χ3n) is 3.34. The van der Waals surface area contributed by atoms with Gasteiger partial charge in [-0.1, -0.05) is 0 Å². The Hall–Kier alpha value is -1.75. The number of nitrogen functional groups attached to an aromatic ring is 1. The van der Waals surface area contributed by atoms with Crippen LogP contribution in [-0.2, 0) is 20.0 Å². The van der Waals surface area contributed by atoms with Crippen molar-refractivity contribution in [3.63, 3.8) is 0 Å². The second-order valence-corrected chi connectivity index (χ2v) is 5.62. The van der Waals surface area contributed by atoms with Crippen LogP contribution in [0.15, 0.2) is 23.7 Å². The Kier molecular flexibility index (Phi) is 2.63. The van der Waals surface area contributed by atoms with E-state index in [0.717, 1.165) is 13.0 Å². The minimum atomic E-state index is 0.0612. The fourth-order valence-corrected chi connectivity index (χ4v) is 3.28. The predicted octanol–water partition coefficient (Wildman–Crippen LogP) is 1.87. The quantitative estimate of drug-likeness (QED) is 0.852. The first-order valence-electron chi connectivity index (χ1n) is 5.91. The highest BCUT2D eigenvalue weighted by Gasteiger charge is 2.24. The van der Waals surface area contributed by atoms with Gasteiger partial charge in [0.1, 0.15) is 5.69 Å². The van der Waals surface area contributed by atoms with Crippen LogP contribution in [-0.4, -0.2) is 21.9 Å². The Morgan fingerprint density at radius 3 is 3.06 bits per heavy atom. The number of nitrogens with zero attached hydrogens (tertiary/aromatic N) is 2. The highest BCUT2D eigenvalue weighted by Crippen LogP contribution is 2.25. The van der Waals surface area contributed by atoms with E-state index >= 15 is 0 Å². The molecule has 0 fully saturated rings. The molecule has 0 saturated carbocycles. The molecule has 0 unspecified atom stereocenters. The van der Waals surface area contributed by atoms with Crippen molar-refractivity contribution in [3.8, 4) is 0 Å². The van der Waals surface area contributed by atoms with E-state index < -0.39 is 0 Å². The summed E-state index contributed by atoms with van der Waals surface area (Å²) in [6.07, 6.45) is 2.73. The number of hydrogen-bond acceptors (Lipinski definition) is 3. The Labute approximate surface area is 110 Å². The van der Waals surface area contributed by atoms with Crippen molar-refractivity contribution >= 4 is 22.9 Å². The van der Waals surface area contributed by atoms with Gasteiger partial charge < -0.3 is 15.2 Å². The lowest BCUT2D eigenvalue weighted by atomic mass is 10.1. The maximum Gasteiger partial charge on any atom is 0.270 e. The lowest BCUT2D eigenvalue weighted by Crippen LogP contribution is -2.36. The number of fused-ring (bicyclic) bond motifs is 1. The number of amides is 1. The standard InChI is InChI=1S/C13H15N3OS/c1-15-8-10(14)6-11(15)13(17)16-4-2-12-9(7-16)3-5-18-12/h3,5-6,8H,2,4,7,14H2,1H3. The molecular weight excluding hydrogens is 246 g/mol. The molecule has 1 aliphatic heterocycles. The maximum absolute atomic E-state index is 12.4. The molecule has 4 nitrogen and oxygen atoms in total. The minimum Gasteiger partial charge on any atom is -0.397 e. The summed E-state index contributed by atoms with van der Waals surface area (Å²) in [5.41, 5.74) is 8.29. The second kappa shape index (κ2) is 4.17. The van der Waals surface area contributed by atoms with Crippen molar-refractivity contribution in [2.45, 2.75) is 13.0 Å². The van der Waals surface area contributed by atoms with Crippen LogP contribution in [0.25, 0.3) is 0 Å². The van der Waals surface area contributed by atoms with Crippen LogP contribution in [0.1, 0.15) is 20.9 Å². The van der Waals surface area contributed by atoms with Crippen molar-refractivity contribution in [2.75, 3.05) is 12.3 Å². The lowest BCUT2D eigenvalue weighted by molar-refractivity contribution is 0.0726. The number of carbonyl (C=O) groups excluding carboxylic acids is 1. The fraction of sp³-hybridized carbons (Fsp3) is 0.308. The maximum atomic E-state index is 12.4. The molecule has 0 aromatic carbocycles. The predicted molar refractivity (Wildman–Crippen MR) is 72.6 cm³/mol. The summed E-state index contributed by atoms with van der Waals surface area (Å²) >= 11 is 1.78. The molecule has 0 bridgehead atoms. The number of rotatable bonds is 1. The molecule has 0 radical (unpaired) electrons. The fourth-order valence-electron chi connectivity index (χ4n) is 2.39. The summed E-state index contributed by atoms with van der Waals surface area (Å²) in [7, 11) is 1.85. The first-order chi connectivity index (χ1) is 8.65. The van der Waals surface area contributed by atoms with E-state index in [1.165, 1.54) is 10.4 Å². The summed E-state index contributed by atoms with van der Waals surface area (Å²) in [6, 6.07) is 3.85. The van der Waals surface area contributed by atoms with Gasteiger partial charge in [0.15, 0.2) is 0 Å². The monoisotopic (exact) mass is 261 g/mol. The van der Waals surface area contributed by atoms with Gasteiger partial charge in [-0.25, -0.2) is 0 Å². The zero-order valence-corrected chi connectivity index (χ0v) is 11.0. The van der Waals surface area contributed by atoms with E-state index in [-0.39, 0.29) is 5.91 Å². The smallest absolute Gasteiger partial charge is 0.270 e. The summed E-state index contributed by atoms with van der Waals surface area (Å²) in [5.74, 6) is 0.0612. The molecule has 0 spiro atoms. The average molecular weight is 261 g/mol. The molecule has 1 amide bonds. The van der Waals surface area contributed by atoms with Gasteiger partial charge in [0.25, 0.3) is 5.91 Å².